The SMILES string of the molecule is Cc1ccc(N(C)C(=O)CCC(C)N)c(C)c1. The van der Waals surface area contributed by atoms with Gasteiger partial charge >= 0.3 is 0 Å². The Balaban J connectivity index is 2.74. The van der Waals surface area contributed by atoms with Crippen molar-refractivity contribution >= 4 is 11.6 Å². The van der Waals surface area contributed by atoms with Gasteiger partial charge in [-0.25, -0.2) is 0 Å². The van der Waals surface area contributed by atoms with Gasteiger partial charge in [-0.05, 0) is 38.8 Å². The third kappa shape index (κ3) is 3.86. The zero-order valence-corrected chi connectivity index (χ0v) is 11.2. The number of nitrogens with two attached hydrogens (primary N) is 1. The van der Waals surface area contributed by atoms with Gasteiger partial charge in [-0.1, -0.05) is 17.7 Å². The zero-order valence-electron chi connectivity index (χ0n) is 11.2. The molecule has 0 heterocycles. The van der Waals surface area contributed by atoms with E-state index >= 15 is 0 Å². The lowest BCUT2D eigenvalue weighted by molar-refractivity contribution is -0.118. The first-order valence-corrected chi connectivity index (χ1v) is 6.01. The molecule has 2 N–H and O–H groups in total. The first kappa shape index (κ1) is 13.7. The van der Waals surface area contributed by atoms with Gasteiger partial charge < -0.3 is 10.6 Å². The molecule has 1 unspecified atom stereocenters. The van der Waals surface area contributed by atoms with Crippen molar-refractivity contribution in [3.63, 3.8) is 0 Å². The molecule has 0 spiro atoms. The highest BCUT2D eigenvalue weighted by Crippen LogP contribution is 2.20. The summed E-state index contributed by atoms with van der Waals surface area (Å²) < 4.78 is 0. The summed E-state index contributed by atoms with van der Waals surface area (Å²) in [4.78, 5) is 13.7. The molecule has 3 nitrogen and oxygen atoms in total. The van der Waals surface area contributed by atoms with Crippen molar-refractivity contribution in [2.45, 2.75) is 39.7 Å². The number of nitrogens with zero attached hydrogens (tertiary/aromatic N) is 1. The van der Waals surface area contributed by atoms with E-state index in [1.165, 1.54) is 5.56 Å². The molecule has 1 atom stereocenters. The summed E-state index contributed by atoms with van der Waals surface area (Å²) >= 11 is 0. The predicted octanol–water partition coefficient (Wildman–Crippen LogP) is 2.39. The van der Waals surface area contributed by atoms with E-state index in [4.69, 9.17) is 5.73 Å². The number of benzene rings is 1. The number of rotatable bonds is 4. The number of aryl methyl sites for hydroxylation is 2. The number of hydrogen-bond acceptors (Lipinski definition) is 2. The highest BCUT2D eigenvalue weighted by atomic mass is 16.2. The summed E-state index contributed by atoms with van der Waals surface area (Å²) in [6.07, 6.45) is 1.23. The van der Waals surface area contributed by atoms with Crippen LogP contribution < -0.4 is 10.6 Å². The average Bonchev–Trinajstić information content (AvgIpc) is 2.25. The van der Waals surface area contributed by atoms with Crippen LogP contribution in [0.4, 0.5) is 5.69 Å². The minimum Gasteiger partial charge on any atom is -0.328 e. The monoisotopic (exact) mass is 234 g/mol. The fourth-order valence-electron chi connectivity index (χ4n) is 1.83. The van der Waals surface area contributed by atoms with E-state index in [1.54, 1.807) is 4.90 Å². The standard InChI is InChI=1S/C14H22N2O/c1-10-5-7-13(11(2)9-10)16(4)14(17)8-6-12(3)15/h5,7,9,12H,6,8,15H2,1-4H3. The minimum atomic E-state index is 0.0754. The number of amides is 1. The molecule has 0 aliphatic rings. The van der Waals surface area contributed by atoms with Crippen LogP contribution in [0.25, 0.3) is 0 Å². The Morgan fingerprint density at radius 2 is 2.06 bits per heavy atom. The molecule has 3 heteroatoms. The van der Waals surface area contributed by atoms with E-state index in [0.717, 1.165) is 17.7 Å². The van der Waals surface area contributed by atoms with Crippen molar-refractivity contribution in [3.05, 3.63) is 29.3 Å². The molecule has 94 valence electrons. The molecule has 0 aromatic heterocycles. The summed E-state index contributed by atoms with van der Waals surface area (Å²) in [7, 11) is 1.82. The maximum atomic E-state index is 12.0. The summed E-state index contributed by atoms with van der Waals surface area (Å²) in [5.41, 5.74) is 8.97. The van der Waals surface area contributed by atoms with Crippen molar-refractivity contribution in [2.24, 2.45) is 5.73 Å². The van der Waals surface area contributed by atoms with Crippen LogP contribution in [-0.4, -0.2) is 19.0 Å². The largest absolute Gasteiger partial charge is 0.328 e. The molecule has 0 aliphatic heterocycles. The van der Waals surface area contributed by atoms with E-state index in [9.17, 15) is 4.79 Å². The van der Waals surface area contributed by atoms with E-state index < -0.39 is 0 Å². The first-order chi connectivity index (χ1) is 7.91. The number of anilines is 1. The summed E-state index contributed by atoms with van der Waals surface area (Å²) in [5, 5.41) is 0. The van der Waals surface area contributed by atoms with Crippen molar-refractivity contribution in [1.82, 2.24) is 0 Å². The molecule has 1 rings (SSSR count). The van der Waals surface area contributed by atoms with Crippen LogP contribution in [0, 0.1) is 13.8 Å². The molecule has 0 radical (unpaired) electrons. The second-order valence-electron chi connectivity index (χ2n) is 4.76. The van der Waals surface area contributed by atoms with Gasteiger partial charge in [0.15, 0.2) is 0 Å². The Labute approximate surface area is 104 Å². The van der Waals surface area contributed by atoms with Gasteiger partial charge in [-0.3, -0.25) is 4.79 Å². The van der Waals surface area contributed by atoms with Crippen LogP contribution in [0.2, 0.25) is 0 Å². The molecule has 1 aromatic carbocycles. The molecular weight excluding hydrogens is 212 g/mol. The van der Waals surface area contributed by atoms with E-state index in [-0.39, 0.29) is 11.9 Å². The quantitative estimate of drug-likeness (QED) is 0.869. The molecule has 1 aromatic rings. The lowest BCUT2D eigenvalue weighted by Gasteiger charge is -2.20. The van der Waals surface area contributed by atoms with E-state index in [2.05, 4.69) is 13.0 Å². The lowest BCUT2D eigenvalue weighted by atomic mass is 10.1. The molecular formula is C14H22N2O. The lowest BCUT2D eigenvalue weighted by Crippen LogP contribution is -2.28. The van der Waals surface area contributed by atoms with Crippen LogP contribution >= 0.6 is 0 Å². The summed E-state index contributed by atoms with van der Waals surface area (Å²) in [6.45, 7) is 6.00. The Bertz CT molecular complexity index is 399. The maximum Gasteiger partial charge on any atom is 0.226 e. The smallest absolute Gasteiger partial charge is 0.226 e. The molecule has 1 amide bonds. The Morgan fingerprint density at radius 3 is 2.59 bits per heavy atom. The third-order valence-corrected chi connectivity index (χ3v) is 2.90. The van der Waals surface area contributed by atoms with Crippen molar-refractivity contribution in [3.8, 4) is 0 Å². The fourth-order valence-corrected chi connectivity index (χ4v) is 1.83. The molecule has 0 fully saturated rings. The minimum absolute atomic E-state index is 0.0754. The van der Waals surface area contributed by atoms with Crippen LogP contribution in [0.15, 0.2) is 18.2 Å². The maximum absolute atomic E-state index is 12.0. The Kier molecular flexibility index (Phi) is 4.70. The van der Waals surface area contributed by atoms with Gasteiger partial charge in [0.05, 0.1) is 0 Å². The van der Waals surface area contributed by atoms with Crippen LogP contribution in [-0.2, 0) is 4.79 Å². The van der Waals surface area contributed by atoms with Crippen molar-refractivity contribution in [2.75, 3.05) is 11.9 Å². The molecule has 0 bridgehead atoms. The average molecular weight is 234 g/mol. The summed E-state index contributed by atoms with van der Waals surface area (Å²) in [5.74, 6) is 0.120. The Morgan fingerprint density at radius 1 is 1.41 bits per heavy atom. The van der Waals surface area contributed by atoms with Crippen molar-refractivity contribution in [1.29, 1.82) is 0 Å². The van der Waals surface area contributed by atoms with Crippen molar-refractivity contribution < 1.29 is 4.79 Å². The van der Waals surface area contributed by atoms with Gasteiger partial charge in [0.2, 0.25) is 5.91 Å². The number of carbonyl (C=O) groups excluding carboxylic acids is 1. The molecule has 0 saturated heterocycles. The number of carbonyl (C=O) groups is 1. The fraction of sp³-hybridized carbons (Fsp3) is 0.500. The molecule has 17 heavy (non-hydrogen) atoms. The van der Waals surface area contributed by atoms with Crippen LogP contribution in [0.1, 0.15) is 30.9 Å². The third-order valence-electron chi connectivity index (χ3n) is 2.90. The molecule has 0 saturated carbocycles. The highest BCUT2D eigenvalue weighted by molar-refractivity contribution is 5.93. The van der Waals surface area contributed by atoms with Gasteiger partial charge in [-0.15, -0.1) is 0 Å². The normalized spacial score (nSPS) is 12.3. The van der Waals surface area contributed by atoms with Gasteiger partial charge in [0.25, 0.3) is 0 Å². The van der Waals surface area contributed by atoms with E-state index in [0.29, 0.717) is 6.42 Å². The van der Waals surface area contributed by atoms with Gasteiger partial charge in [-0.2, -0.15) is 0 Å². The topological polar surface area (TPSA) is 46.3 Å². The predicted molar refractivity (Wildman–Crippen MR) is 72.2 cm³/mol. The first-order valence-electron chi connectivity index (χ1n) is 6.01. The van der Waals surface area contributed by atoms with Crippen LogP contribution in [0.3, 0.4) is 0 Å². The van der Waals surface area contributed by atoms with E-state index in [1.807, 2.05) is 33.0 Å². The number of hydrogen-bond donors (Lipinski definition) is 1. The molecule has 0 aliphatic carbocycles. The summed E-state index contributed by atoms with van der Waals surface area (Å²) in [6, 6.07) is 6.18. The van der Waals surface area contributed by atoms with Crippen LogP contribution in [0.5, 0.6) is 0 Å². The second kappa shape index (κ2) is 5.82. The van der Waals surface area contributed by atoms with Gasteiger partial charge in [0.1, 0.15) is 0 Å². The highest BCUT2D eigenvalue weighted by Gasteiger charge is 2.13. The Hall–Kier alpha value is -1.35. The zero-order chi connectivity index (χ0) is 13.0. The second-order valence-corrected chi connectivity index (χ2v) is 4.76. The van der Waals surface area contributed by atoms with Gasteiger partial charge in [0, 0.05) is 25.2 Å².